The second-order valence-electron chi connectivity index (χ2n) is 16.1. The molecule has 2 aromatic heterocycles. The molecule has 4 aromatic rings. The molecule has 0 radical (unpaired) electrons. The van der Waals surface area contributed by atoms with Gasteiger partial charge in [0.2, 0.25) is 0 Å². The molecule has 0 spiro atoms. The van der Waals surface area contributed by atoms with E-state index in [0.717, 1.165) is 68.0 Å². The van der Waals surface area contributed by atoms with Crippen LogP contribution in [0.4, 0.5) is 19.8 Å². The van der Waals surface area contributed by atoms with Gasteiger partial charge in [0.05, 0.1) is 42.3 Å². The first kappa shape index (κ1) is 35.9. The first-order valence-electron chi connectivity index (χ1n) is 19.7. The molecule has 0 aliphatic carbocycles. The number of hydrogen-bond donors (Lipinski definition) is 1. The number of carbonyl (C=O) groups excluding carboxylic acids is 2. The smallest absolute Gasteiger partial charge is 0.415 e. The van der Waals surface area contributed by atoms with Crippen LogP contribution in [-0.2, 0) is 15.9 Å². The molecular formula is C41H48FN7O6. The number of benzene rings is 2. The summed E-state index contributed by atoms with van der Waals surface area (Å²) >= 11 is 0. The van der Waals surface area contributed by atoms with Crippen molar-refractivity contribution >= 4 is 39.7 Å². The highest BCUT2D eigenvalue weighted by Crippen LogP contribution is 2.42. The Kier molecular flexibility index (Phi) is 9.36. The Morgan fingerprint density at radius 1 is 1.05 bits per heavy atom. The maximum atomic E-state index is 17.5. The monoisotopic (exact) mass is 753 g/mol. The van der Waals surface area contributed by atoms with Gasteiger partial charge in [-0.2, -0.15) is 9.97 Å². The summed E-state index contributed by atoms with van der Waals surface area (Å²) in [6.07, 6.45) is 7.59. The number of carbonyl (C=O) groups is 2. The highest BCUT2D eigenvalue weighted by atomic mass is 19.1. The third-order valence-electron chi connectivity index (χ3n) is 12.2. The van der Waals surface area contributed by atoms with E-state index in [4.69, 9.17) is 33.9 Å². The summed E-state index contributed by atoms with van der Waals surface area (Å²) < 4.78 is 41.2. The minimum atomic E-state index is -0.616. The van der Waals surface area contributed by atoms with Gasteiger partial charge in [-0.3, -0.25) is 9.88 Å². The number of ether oxygens (including phenoxy) is 4. The van der Waals surface area contributed by atoms with Crippen LogP contribution in [0.1, 0.15) is 64.4 Å². The number of aromatic nitrogens is 3. The van der Waals surface area contributed by atoms with E-state index < -0.39 is 23.5 Å². The van der Waals surface area contributed by atoms with E-state index >= 15 is 4.39 Å². The molecule has 10 rings (SSSR count). The summed E-state index contributed by atoms with van der Waals surface area (Å²) in [7, 11) is 0. The van der Waals surface area contributed by atoms with Gasteiger partial charge in [0.15, 0.2) is 5.82 Å². The number of aryl methyl sites for hydroxylation is 1. The molecule has 6 bridgehead atoms. The number of rotatable bonds is 4. The van der Waals surface area contributed by atoms with Crippen LogP contribution in [0, 0.1) is 5.82 Å². The van der Waals surface area contributed by atoms with E-state index in [-0.39, 0.29) is 41.2 Å². The Balaban J connectivity index is 1.19. The maximum Gasteiger partial charge on any atom is 0.415 e. The van der Waals surface area contributed by atoms with E-state index in [1.807, 2.05) is 32.0 Å². The van der Waals surface area contributed by atoms with E-state index in [0.29, 0.717) is 69.1 Å². The molecule has 8 heterocycles. The molecule has 6 aliphatic heterocycles. The number of piperidine rings is 1. The molecule has 2 aromatic carbocycles. The van der Waals surface area contributed by atoms with E-state index in [9.17, 15) is 9.59 Å². The van der Waals surface area contributed by atoms with Gasteiger partial charge in [-0.1, -0.05) is 18.2 Å². The minimum absolute atomic E-state index is 0.0626. The Labute approximate surface area is 319 Å². The largest absolute Gasteiger partial charge is 0.461 e. The number of amides is 2. The van der Waals surface area contributed by atoms with E-state index in [1.165, 1.54) is 0 Å². The average molecular weight is 754 g/mol. The van der Waals surface area contributed by atoms with Crippen LogP contribution in [0.5, 0.6) is 11.8 Å². The van der Waals surface area contributed by atoms with Gasteiger partial charge in [-0.25, -0.2) is 14.0 Å². The second kappa shape index (κ2) is 14.4. The zero-order chi connectivity index (χ0) is 37.7. The number of nitrogens with zero attached hydrogens (tertiary/aromatic N) is 6. The van der Waals surface area contributed by atoms with Crippen molar-refractivity contribution in [3.8, 4) is 23.0 Å². The third-order valence-corrected chi connectivity index (χ3v) is 12.2. The first-order valence-corrected chi connectivity index (χ1v) is 19.7. The quantitative estimate of drug-likeness (QED) is 0.254. The van der Waals surface area contributed by atoms with Crippen molar-refractivity contribution in [1.29, 1.82) is 0 Å². The molecule has 14 heteroatoms. The highest BCUT2D eigenvalue weighted by Gasteiger charge is 2.45. The first-order chi connectivity index (χ1) is 26.7. The van der Waals surface area contributed by atoms with Crippen molar-refractivity contribution in [3.05, 3.63) is 47.9 Å². The molecule has 2 amide bonds. The molecule has 55 heavy (non-hydrogen) atoms. The molecule has 6 aliphatic rings. The van der Waals surface area contributed by atoms with Crippen LogP contribution >= 0.6 is 0 Å². The predicted octanol–water partition coefficient (Wildman–Crippen LogP) is 6.24. The SMILES string of the molecule is CC1COCCN1C(=O)Oc1cc2c3c(cccc3c1)CCCOC(=O)NC1(C)CCCN(C1)c1nc(OCC34CCCN3CCC4)nc3c(F)c-2ncc13. The average Bonchev–Trinajstić information content (AvgIpc) is 3.76. The fourth-order valence-corrected chi connectivity index (χ4v) is 9.50. The van der Waals surface area contributed by atoms with E-state index in [2.05, 4.69) is 15.1 Å². The molecule has 2 atom stereocenters. The van der Waals surface area contributed by atoms with Gasteiger partial charge in [-0.15, -0.1) is 0 Å². The number of nitrogens with one attached hydrogen (secondary N) is 1. The van der Waals surface area contributed by atoms with Crippen molar-refractivity contribution in [2.45, 2.75) is 82.3 Å². The normalized spacial score (nSPS) is 24.1. The number of hydrogen-bond acceptors (Lipinski definition) is 11. The van der Waals surface area contributed by atoms with Crippen LogP contribution in [0.25, 0.3) is 32.9 Å². The van der Waals surface area contributed by atoms with Gasteiger partial charge in [0, 0.05) is 31.4 Å². The van der Waals surface area contributed by atoms with Crippen molar-refractivity contribution in [2.75, 3.05) is 64.1 Å². The predicted molar refractivity (Wildman–Crippen MR) is 204 cm³/mol. The van der Waals surface area contributed by atoms with Crippen LogP contribution < -0.4 is 19.7 Å². The molecule has 4 saturated heterocycles. The Bertz CT molecular complexity index is 2140. The molecule has 2 unspecified atom stereocenters. The second-order valence-corrected chi connectivity index (χ2v) is 16.1. The van der Waals surface area contributed by atoms with E-state index in [1.54, 1.807) is 23.2 Å². The lowest BCUT2D eigenvalue weighted by molar-refractivity contribution is 0.00852. The Hall–Kier alpha value is -4.82. The van der Waals surface area contributed by atoms with Crippen LogP contribution in [-0.4, -0.2) is 113 Å². The van der Waals surface area contributed by atoms with Crippen LogP contribution in [0.15, 0.2) is 36.5 Å². The topological polar surface area (TPSA) is 131 Å². The fourth-order valence-electron chi connectivity index (χ4n) is 9.50. The fraction of sp³-hybridized carbons (Fsp3) is 0.537. The lowest BCUT2D eigenvalue weighted by Crippen LogP contribution is -2.57. The molecule has 1 N–H and O–H groups in total. The number of halogens is 1. The number of fused-ring (bicyclic) bond motifs is 7. The summed E-state index contributed by atoms with van der Waals surface area (Å²) in [6, 6.07) is 9.26. The molecule has 13 nitrogen and oxygen atoms in total. The number of alkyl carbamates (subject to hydrolysis) is 1. The molecular weight excluding hydrogens is 705 g/mol. The lowest BCUT2D eigenvalue weighted by atomic mass is 9.91. The lowest BCUT2D eigenvalue weighted by Gasteiger charge is -2.41. The van der Waals surface area contributed by atoms with Crippen LogP contribution in [0.3, 0.4) is 0 Å². The van der Waals surface area contributed by atoms with Gasteiger partial charge in [0.25, 0.3) is 0 Å². The van der Waals surface area contributed by atoms with Crippen molar-refractivity contribution in [2.24, 2.45) is 0 Å². The Morgan fingerprint density at radius 3 is 2.73 bits per heavy atom. The summed E-state index contributed by atoms with van der Waals surface area (Å²) in [5, 5.41) is 5.08. The van der Waals surface area contributed by atoms with Crippen molar-refractivity contribution in [1.82, 2.24) is 30.1 Å². The standard InChI is InChI=1S/C41H48FN7O6/c1-26-23-52-19-17-49(26)39(51)55-29-20-28-9-3-8-27-10-4-18-53-38(50)46-40(2)11-5-14-47(24-40)36-31-22-43-34(30(21-29)32(27)28)33(42)35(31)44-37(45-36)54-25-41-12-6-15-48(41)16-7-13-41/h3,8-9,20-22,26H,4-7,10-19,23-25H2,1-2H3,(H,46,50). The summed E-state index contributed by atoms with van der Waals surface area (Å²) in [4.78, 5) is 47.3. The maximum absolute atomic E-state index is 17.5. The third kappa shape index (κ3) is 6.77. The van der Waals surface area contributed by atoms with Gasteiger partial charge >= 0.3 is 18.2 Å². The molecule has 290 valence electrons. The molecule has 0 saturated carbocycles. The number of morpholine rings is 1. The molecule has 4 fully saturated rings. The minimum Gasteiger partial charge on any atom is -0.461 e. The number of anilines is 1. The van der Waals surface area contributed by atoms with Gasteiger partial charge < -0.3 is 34.1 Å². The van der Waals surface area contributed by atoms with Crippen LogP contribution in [0.2, 0.25) is 0 Å². The van der Waals surface area contributed by atoms with Crippen molar-refractivity contribution in [3.63, 3.8) is 0 Å². The highest BCUT2D eigenvalue weighted by molar-refractivity contribution is 6.02. The zero-order valence-corrected chi connectivity index (χ0v) is 31.6. The summed E-state index contributed by atoms with van der Waals surface area (Å²) in [5.41, 5.74) is 0.877. The summed E-state index contributed by atoms with van der Waals surface area (Å²) in [5.74, 6) is 0.158. The summed E-state index contributed by atoms with van der Waals surface area (Å²) in [6.45, 7) is 8.97. The van der Waals surface area contributed by atoms with Gasteiger partial charge in [0.1, 0.15) is 29.4 Å². The van der Waals surface area contributed by atoms with Crippen molar-refractivity contribution < 1.29 is 32.9 Å². The zero-order valence-electron chi connectivity index (χ0n) is 31.6. The number of pyridine rings is 1. The van der Waals surface area contributed by atoms with Gasteiger partial charge in [-0.05, 0) is 107 Å². The Morgan fingerprint density at radius 2 is 1.89 bits per heavy atom.